The molecule has 0 unspecified atom stereocenters. The maximum atomic E-state index is 8.82. The van der Waals surface area contributed by atoms with Crippen LogP contribution < -0.4 is 10.2 Å². The predicted molar refractivity (Wildman–Crippen MR) is 56.1 cm³/mol. The molecule has 0 fully saturated rings. The maximum Gasteiger partial charge on any atom is 0.490 e. The van der Waals surface area contributed by atoms with Gasteiger partial charge in [-0.2, -0.15) is 0 Å². The molecule has 2 N–H and O–H groups in total. The summed E-state index contributed by atoms with van der Waals surface area (Å²) in [6.45, 7) is 3.52. The van der Waals surface area contributed by atoms with E-state index in [9.17, 15) is 0 Å². The molecule has 0 saturated heterocycles. The Labute approximate surface area is 88.8 Å². The van der Waals surface area contributed by atoms with E-state index in [0.717, 1.165) is 0 Å². The van der Waals surface area contributed by atoms with Gasteiger partial charge in [0.15, 0.2) is 0 Å². The van der Waals surface area contributed by atoms with Crippen LogP contribution in [0.5, 0.6) is 5.88 Å². The van der Waals surface area contributed by atoms with Gasteiger partial charge in [0, 0.05) is 18.3 Å². The molecule has 15 heavy (non-hydrogen) atoms. The topological polar surface area (TPSA) is 71.8 Å². The number of rotatable bonds is 6. The Balaban J connectivity index is 2.36. The van der Waals surface area contributed by atoms with E-state index >= 15 is 0 Å². The van der Waals surface area contributed by atoms with Crippen LogP contribution >= 0.6 is 0 Å². The smallest absolute Gasteiger partial charge is 0.475 e. The summed E-state index contributed by atoms with van der Waals surface area (Å²) < 4.78 is 10.3. The summed E-state index contributed by atoms with van der Waals surface area (Å²) in [5.41, 5.74) is 0.340. The van der Waals surface area contributed by atoms with E-state index in [0.29, 0.717) is 31.2 Å². The second kappa shape index (κ2) is 6.39. The van der Waals surface area contributed by atoms with Crippen LogP contribution in [0.4, 0.5) is 0 Å². The zero-order valence-electron chi connectivity index (χ0n) is 8.59. The Bertz CT molecular complexity index is 278. The number of hydrogen-bond donors (Lipinski definition) is 2. The molecule has 0 amide bonds. The minimum absolute atomic E-state index is 0.340. The molecule has 1 aromatic rings. The Morgan fingerprint density at radius 3 is 2.67 bits per heavy atom. The first kappa shape index (κ1) is 12.0. The molecule has 1 rings (SSSR count). The molecule has 5 nitrogen and oxygen atoms in total. The van der Waals surface area contributed by atoms with Gasteiger partial charge in [-0.25, -0.2) is 4.98 Å². The van der Waals surface area contributed by atoms with Crippen LogP contribution in [0, 0.1) is 0 Å². The van der Waals surface area contributed by atoms with Gasteiger partial charge >= 0.3 is 7.12 Å². The predicted octanol–water partition coefficient (Wildman–Crippen LogP) is -0.823. The normalized spacial score (nSPS) is 10.1. The van der Waals surface area contributed by atoms with Gasteiger partial charge in [0.25, 0.3) is 0 Å². The third-order valence-corrected chi connectivity index (χ3v) is 1.74. The summed E-state index contributed by atoms with van der Waals surface area (Å²) in [6.07, 6.45) is 1.36. The molecule has 0 aliphatic carbocycles. The largest absolute Gasteiger partial charge is 0.490 e. The Morgan fingerprint density at radius 1 is 1.33 bits per heavy atom. The van der Waals surface area contributed by atoms with E-state index in [-0.39, 0.29) is 0 Å². The average Bonchev–Trinajstić information content (AvgIpc) is 2.25. The molecule has 0 radical (unpaired) electrons. The van der Waals surface area contributed by atoms with E-state index in [4.69, 9.17) is 19.5 Å². The van der Waals surface area contributed by atoms with Crippen molar-refractivity contribution in [3.05, 3.63) is 18.3 Å². The molecule has 6 heteroatoms. The van der Waals surface area contributed by atoms with Crippen LogP contribution in [-0.4, -0.2) is 42.0 Å². The van der Waals surface area contributed by atoms with Crippen molar-refractivity contribution in [2.24, 2.45) is 0 Å². The third-order valence-electron chi connectivity index (χ3n) is 1.74. The molecular weight excluding hydrogens is 197 g/mol. The highest BCUT2D eigenvalue weighted by Crippen LogP contribution is 2.01. The first-order chi connectivity index (χ1) is 7.24. The van der Waals surface area contributed by atoms with Gasteiger partial charge in [0.05, 0.1) is 6.61 Å². The monoisotopic (exact) mass is 211 g/mol. The number of nitrogens with zero attached hydrogens (tertiary/aromatic N) is 1. The standard InChI is InChI=1S/C9H14BNO4/c1-2-14-5-6-15-9-4-3-8(7-11-9)10(12)13/h3-4,7,12-13H,2,5-6H2,1H3. The lowest BCUT2D eigenvalue weighted by molar-refractivity contribution is 0.108. The first-order valence-electron chi connectivity index (χ1n) is 4.76. The van der Waals surface area contributed by atoms with E-state index in [2.05, 4.69) is 4.98 Å². The molecular formula is C9H14BNO4. The highest BCUT2D eigenvalue weighted by Gasteiger charge is 2.10. The molecule has 0 atom stereocenters. The molecule has 1 aromatic heterocycles. The fraction of sp³-hybridized carbons (Fsp3) is 0.444. The highest BCUT2D eigenvalue weighted by molar-refractivity contribution is 6.58. The molecule has 0 aliphatic rings. The minimum atomic E-state index is -1.49. The van der Waals surface area contributed by atoms with Gasteiger partial charge in [-0.15, -0.1) is 0 Å². The van der Waals surface area contributed by atoms with Gasteiger partial charge in [-0.1, -0.05) is 6.07 Å². The summed E-state index contributed by atoms with van der Waals surface area (Å²) >= 11 is 0. The average molecular weight is 211 g/mol. The van der Waals surface area contributed by atoms with Crippen molar-refractivity contribution in [3.8, 4) is 5.88 Å². The quantitative estimate of drug-likeness (QED) is 0.475. The SMILES string of the molecule is CCOCCOc1ccc(B(O)O)cn1. The van der Waals surface area contributed by atoms with Crippen LogP contribution in [0.2, 0.25) is 0 Å². The fourth-order valence-electron chi connectivity index (χ4n) is 0.979. The van der Waals surface area contributed by atoms with Crippen molar-refractivity contribution in [3.63, 3.8) is 0 Å². The highest BCUT2D eigenvalue weighted by atomic mass is 16.5. The van der Waals surface area contributed by atoms with Crippen molar-refractivity contribution in [1.82, 2.24) is 4.98 Å². The number of hydrogen-bond acceptors (Lipinski definition) is 5. The van der Waals surface area contributed by atoms with Crippen LogP contribution in [-0.2, 0) is 4.74 Å². The van der Waals surface area contributed by atoms with Crippen molar-refractivity contribution >= 4 is 12.6 Å². The number of ether oxygens (including phenoxy) is 2. The summed E-state index contributed by atoms with van der Waals surface area (Å²) in [6, 6.07) is 3.13. The van der Waals surface area contributed by atoms with Crippen molar-refractivity contribution in [2.75, 3.05) is 19.8 Å². The second-order valence-corrected chi connectivity index (χ2v) is 2.85. The van der Waals surface area contributed by atoms with Gasteiger partial charge in [0.2, 0.25) is 5.88 Å². The lowest BCUT2D eigenvalue weighted by Gasteiger charge is -2.05. The Kier molecular flexibility index (Phi) is 5.10. The first-order valence-corrected chi connectivity index (χ1v) is 4.76. The lowest BCUT2D eigenvalue weighted by atomic mass is 9.82. The maximum absolute atomic E-state index is 8.82. The Morgan fingerprint density at radius 2 is 2.13 bits per heavy atom. The summed E-state index contributed by atoms with van der Waals surface area (Å²) in [7, 11) is -1.49. The number of pyridine rings is 1. The van der Waals surface area contributed by atoms with Crippen LogP contribution in [0.25, 0.3) is 0 Å². The molecule has 0 spiro atoms. The summed E-state index contributed by atoms with van der Waals surface area (Å²) in [5.74, 6) is 0.444. The molecule has 0 saturated carbocycles. The fourth-order valence-corrected chi connectivity index (χ4v) is 0.979. The van der Waals surface area contributed by atoms with Crippen molar-refractivity contribution in [1.29, 1.82) is 0 Å². The van der Waals surface area contributed by atoms with Gasteiger partial charge in [-0.05, 0) is 13.0 Å². The van der Waals surface area contributed by atoms with E-state index < -0.39 is 7.12 Å². The van der Waals surface area contributed by atoms with E-state index in [1.165, 1.54) is 6.20 Å². The minimum Gasteiger partial charge on any atom is -0.475 e. The van der Waals surface area contributed by atoms with E-state index in [1.807, 2.05) is 6.92 Å². The van der Waals surface area contributed by atoms with Crippen molar-refractivity contribution < 1.29 is 19.5 Å². The second-order valence-electron chi connectivity index (χ2n) is 2.85. The number of aromatic nitrogens is 1. The van der Waals surface area contributed by atoms with Gasteiger partial charge in [0.1, 0.15) is 6.61 Å². The zero-order valence-corrected chi connectivity index (χ0v) is 8.59. The molecule has 0 aliphatic heterocycles. The van der Waals surface area contributed by atoms with Gasteiger partial charge < -0.3 is 19.5 Å². The lowest BCUT2D eigenvalue weighted by Crippen LogP contribution is -2.29. The van der Waals surface area contributed by atoms with Gasteiger partial charge in [-0.3, -0.25) is 0 Å². The van der Waals surface area contributed by atoms with Crippen molar-refractivity contribution in [2.45, 2.75) is 6.92 Å². The van der Waals surface area contributed by atoms with Crippen LogP contribution in [0.3, 0.4) is 0 Å². The molecule has 0 bridgehead atoms. The molecule has 0 aromatic carbocycles. The van der Waals surface area contributed by atoms with Crippen LogP contribution in [0.1, 0.15) is 6.92 Å². The van der Waals surface area contributed by atoms with E-state index in [1.54, 1.807) is 12.1 Å². The third kappa shape index (κ3) is 4.29. The zero-order chi connectivity index (χ0) is 11.1. The Hall–Kier alpha value is -1.11. The molecule has 1 heterocycles. The summed E-state index contributed by atoms with van der Waals surface area (Å²) in [5, 5.41) is 17.6. The van der Waals surface area contributed by atoms with Crippen LogP contribution in [0.15, 0.2) is 18.3 Å². The molecule has 82 valence electrons. The summed E-state index contributed by atoms with van der Waals surface area (Å²) in [4.78, 5) is 3.90.